The number of ether oxygens (including phenoxy) is 1. The summed E-state index contributed by atoms with van der Waals surface area (Å²) in [6, 6.07) is 11.0. The molecule has 0 saturated heterocycles. The van der Waals surface area contributed by atoms with Gasteiger partial charge in [-0.15, -0.1) is 0 Å². The third-order valence-corrected chi connectivity index (χ3v) is 4.90. The van der Waals surface area contributed by atoms with Gasteiger partial charge in [-0.1, -0.05) is 45.9 Å². The van der Waals surface area contributed by atoms with Crippen LogP contribution in [-0.4, -0.2) is 37.8 Å². The molecule has 0 aliphatic rings. The van der Waals surface area contributed by atoms with Gasteiger partial charge in [-0.2, -0.15) is 0 Å². The van der Waals surface area contributed by atoms with Crippen LogP contribution in [0.1, 0.15) is 76.9 Å². The van der Waals surface area contributed by atoms with Crippen LogP contribution in [0.5, 0.6) is 5.75 Å². The first kappa shape index (κ1) is 22.4. The molecule has 2 aromatic rings. The van der Waals surface area contributed by atoms with Gasteiger partial charge in [0.15, 0.2) is 5.78 Å². The third-order valence-electron chi connectivity index (χ3n) is 4.90. The molecule has 29 heavy (non-hydrogen) atoms. The summed E-state index contributed by atoms with van der Waals surface area (Å²) in [7, 11) is 5.07. The molecule has 0 unspecified atom stereocenters. The van der Waals surface area contributed by atoms with Crippen molar-refractivity contribution in [1.82, 2.24) is 4.90 Å². The van der Waals surface area contributed by atoms with Gasteiger partial charge in [-0.25, -0.2) is 0 Å². The Morgan fingerprint density at radius 2 is 1.52 bits per heavy atom. The van der Waals surface area contributed by atoms with Gasteiger partial charge < -0.3 is 9.64 Å². The minimum absolute atomic E-state index is 0.0870. The fourth-order valence-corrected chi connectivity index (χ4v) is 3.12. The smallest absolute Gasteiger partial charge is 0.253 e. The maximum Gasteiger partial charge on any atom is 0.253 e. The van der Waals surface area contributed by atoms with Crippen molar-refractivity contribution in [2.45, 2.75) is 39.5 Å². The van der Waals surface area contributed by atoms with Gasteiger partial charge in [0.1, 0.15) is 5.75 Å². The highest BCUT2D eigenvalue weighted by molar-refractivity contribution is 6.07. The molecule has 0 aliphatic heterocycles. The van der Waals surface area contributed by atoms with Gasteiger partial charge in [-0.05, 0) is 53.3 Å². The average Bonchev–Trinajstić information content (AvgIpc) is 2.70. The molecule has 0 heterocycles. The summed E-state index contributed by atoms with van der Waals surface area (Å²) in [6.45, 7) is 8.58. The summed E-state index contributed by atoms with van der Waals surface area (Å²) in [6.07, 6.45) is 3.38. The lowest BCUT2D eigenvalue weighted by Crippen LogP contribution is -2.21. The van der Waals surface area contributed by atoms with Crippen molar-refractivity contribution in [3.05, 3.63) is 70.3 Å². The lowest BCUT2D eigenvalue weighted by atomic mass is 9.91. The lowest BCUT2D eigenvalue weighted by molar-refractivity contribution is 0.0827. The maximum atomic E-state index is 12.6. The minimum atomic E-state index is -0.114. The quantitative estimate of drug-likeness (QED) is 0.458. The van der Waals surface area contributed by atoms with Crippen molar-refractivity contribution in [2.75, 3.05) is 21.2 Å². The Morgan fingerprint density at radius 1 is 0.931 bits per heavy atom. The van der Waals surface area contributed by atoms with E-state index in [0.717, 1.165) is 16.9 Å². The van der Waals surface area contributed by atoms with Crippen LogP contribution in [0, 0.1) is 0 Å². The Labute approximate surface area is 174 Å². The van der Waals surface area contributed by atoms with Gasteiger partial charge in [0.2, 0.25) is 0 Å². The summed E-state index contributed by atoms with van der Waals surface area (Å²) < 4.78 is 5.67. The van der Waals surface area contributed by atoms with Crippen molar-refractivity contribution in [2.24, 2.45) is 0 Å². The Bertz CT molecular complexity index is 906. The van der Waals surface area contributed by atoms with Crippen molar-refractivity contribution >= 4 is 17.8 Å². The largest absolute Gasteiger partial charge is 0.496 e. The highest BCUT2D eigenvalue weighted by Gasteiger charge is 2.15. The molecule has 0 N–H and O–H groups in total. The van der Waals surface area contributed by atoms with E-state index in [1.54, 1.807) is 51.5 Å². The topological polar surface area (TPSA) is 46.6 Å². The molecule has 0 aromatic heterocycles. The molecule has 154 valence electrons. The van der Waals surface area contributed by atoms with Crippen molar-refractivity contribution in [3.8, 4) is 5.75 Å². The summed E-state index contributed by atoms with van der Waals surface area (Å²) in [5, 5.41) is 0. The summed E-state index contributed by atoms with van der Waals surface area (Å²) in [5.41, 5.74) is 4.35. The highest BCUT2D eigenvalue weighted by atomic mass is 16.5. The standard InChI is InChI=1S/C25H31NO3/c1-16(2)21-14-20(24(29-7)22(15-21)17(3)4)12-13-23(27)18-8-10-19(11-9-18)25(28)26(5)6/h8-17H,1-7H3/b13-12+. The zero-order valence-corrected chi connectivity index (χ0v) is 18.4. The van der Waals surface area contributed by atoms with Crippen LogP contribution in [0.2, 0.25) is 0 Å². The van der Waals surface area contributed by atoms with Crippen molar-refractivity contribution in [3.63, 3.8) is 0 Å². The second kappa shape index (κ2) is 9.55. The second-order valence-corrected chi connectivity index (χ2v) is 8.02. The van der Waals surface area contributed by atoms with E-state index in [4.69, 9.17) is 4.74 Å². The molecule has 0 bridgehead atoms. The van der Waals surface area contributed by atoms with Gasteiger partial charge >= 0.3 is 0 Å². The zero-order valence-electron chi connectivity index (χ0n) is 18.4. The molecular formula is C25H31NO3. The van der Waals surface area contributed by atoms with Gasteiger partial charge in [0, 0.05) is 30.8 Å². The summed E-state index contributed by atoms with van der Waals surface area (Å²) in [5.74, 6) is 1.30. The summed E-state index contributed by atoms with van der Waals surface area (Å²) in [4.78, 5) is 26.2. The van der Waals surface area contributed by atoms with Gasteiger partial charge in [0.25, 0.3) is 5.91 Å². The minimum Gasteiger partial charge on any atom is -0.496 e. The van der Waals surface area contributed by atoms with Crippen LogP contribution in [0.25, 0.3) is 6.08 Å². The molecule has 4 heteroatoms. The van der Waals surface area contributed by atoms with E-state index in [9.17, 15) is 9.59 Å². The molecule has 0 atom stereocenters. The Kier molecular flexibility index (Phi) is 7.38. The molecule has 4 nitrogen and oxygen atoms in total. The second-order valence-electron chi connectivity index (χ2n) is 8.02. The molecule has 2 aromatic carbocycles. The molecule has 1 amide bonds. The first-order valence-corrected chi connectivity index (χ1v) is 9.91. The van der Waals surface area contributed by atoms with Crippen molar-refractivity contribution in [1.29, 1.82) is 0 Å². The monoisotopic (exact) mass is 393 g/mol. The molecular weight excluding hydrogens is 362 g/mol. The molecule has 0 saturated carbocycles. The van der Waals surface area contributed by atoms with Crippen molar-refractivity contribution < 1.29 is 14.3 Å². The first-order valence-electron chi connectivity index (χ1n) is 9.91. The summed E-state index contributed by atoms with van der Waals surface area (Å²) >= 11 is 0. The zero-order chi connectivity index (χ0) is 21.7. The van der Waals surface area contributed by atoms with Crippen LogP contribution in [0.3, 0.4) is 0 Å². The van der Waals surface area contributed by atoms with Crippen LogP contribution >= 0.6 is 0 Å². The maximum absolute atomic E-state index is 12.6. The number of methoxy groups -OCH3 is 1. The Balaban J connectivity index is 2.35. The normalized spacial score (nSPS) is 11.3. The number of nitrogens with zero attached hydrogens (tertiary/aromatic N) is 1. The predicted molar refractivity (Wildman–Crippen MR) is 119 cm³/mol. The Hall–Kier alpha value is -2.88. The van der Waals surface area contributed by atoms with Gasteiger partial charge in [0.05, 0.1) is 7.11 Å². The number of ketones is 1. The highest BCUT2D eigenvalue weighted by Crippen LogP contribution is 2.34. The lowest BCUT2D eigenvalue weighted by Gasteiger charge is -2.18. The Morgan fingerprint density at radius 3 is 2.00 bits per heavy atom. The molecule has 0 aliphatic carbocycles. The van der Waals surface area contributed by atoms with Crippen LogP contribution in [0.4, 0.5) is 0 Å². The number of hydrogen-bond donors (Lipinski definition) is 0. The average molecular weight is 394 g/mol. The third kappa shape index (κ3) is 5.35. The van der Waals surface area contributed by atoms with E-state index in [2.05, 4.69) is 39.8 Å². The van der Waals surface area contributed by atoms with E-state index >= 15 is 0 Å². The van der Waals surface area contributed by atoms with E-state index in [0.29, 0.717) is 23.0 Å². The number of hydrogen-bond acceptors (Lipinski definition) is 3. The number of benzene rings is 2. The molecule has 0 spiro atoms. The van der Waals surface area contributed by atoms with E-state index in [1.165, 1.54) is 10.5 Å². The number of allylic oxidation sites excluding steroid dienone is 1. The van der Waals surface area contributed by atoms with E-state index in [1.807, 2.05) is 6.08 Å². The number of carbonyl (C=O) groups is 2. The van der Waals surface area contributed by atoms with Crippen LogP contribution in [-0.2, 0) is 0 Å². The van der Waals surface area contributed by atoms with E-state index in [-0.39, 0.29) is 11.7 Å². The fraction of sp³-hybridized carbons (Fsp3) is 0.360. The number of rotatable bonds is 7. The van der Waals surface area contributed by atoms with Gasteiger partial charge in [-0.3, -0.25) is 9.59 Å². The van der Waals surface area contributed by atoms with E-state index < -0.39 is 0 Å². The molecule has 0 fully saturated rings. The number of carbonyl (C=O) groups excluding carboxylic acids is 2. The SMILES string of the molecule is COc1c(/C=C/C(=O)c2ccc(C(=O)N(C)C)cc2)cc(C(C)C)cc1C(C)C. The van der Waals surface area contributed by atoms with Crippen LogP contribution in [0.15, 0.2) is 42.5 Å². The molecule has 2 rings (SSSR count). The van der Waals surface area contributed by atoms with Crippen LogP contribution < -0.4 is 4.74 Å². The fourth-order valence-electron chi connectivity index (χ4n) is 3.12. The predicted octanol–water partition coefficient (Wildman–Crippen LogP) is 5.54. The molecule has 0 radical (unpaired) electrons. The first-order chi connectivity index (χ1) is 13.6. The number of amides is 1.